The molecule has 78 valence electrons. The lowest BCUT2D eigenvalue weighted by Crippen LogP contribution is -2.31. The third kappa shape index (κ3) is 2.21. The SMILES string of the molecule is COC1(O)C=CC(C(=O)N(C)C)=CC1. The summed E-state index contributed by atoms with van der Waals surface area (Å²) in [5.41, 5.74) is 0.580. The Labute approximate surface area is 83.5 Å². The van der Waals surface area contributed by atoms with Crippen molar-refractivity contribution < 1.29 is 14.6 Å². The number of hydrogen-bond donors (Lipinski definition) is 1. The minimum atomic E-state index is -1.25. The predicted octanol–water partition coefficient (Wildman–Crippen LogP) is 0.296. The third-order valence-corrected chi connectivity index (χ3v) is 2.14. The Morgan fingerprint density at radius 2 is 2.29 bits per heavy atom. The van der Waals surface area contributed by atoms with E-state index in [2.05, 4.69) is 0 Å². The summed E-state index contributed by atoms with van der Waals surface area (Å²) in [5, 5.41) is 9.64. The highest BCUT2D eigenvalue weighted by Gasteiger charge is 2.25. The molecule has 0 radical (unpaired) electrons. The van der Waals surface area contributed by atoms with Gasteiger partial charge in [-0.3, -0.25) is 4.79 Å². The van der Waals surface area contributed by atoms with Gasteiger partial charge in [0, 0.05) is 33.2 Å². The largest absolute Gasteiger partial charge is 0.362 e. The van der Waals surface area contributed by atoms with Gasteiger partial charge in [-0.05, 0) is 12.2 Å². The van der Waals surface area contributed by atoms with E-state index in [1.165, 1.54) is 18.1 Å². The molecule has 0 aromatic rings. The number of carbonyl (C=O) groups excluding carboxylic acids is 1. The van der Waals surface area contributed by atoms with Crippen LogP contribution in [0.3, 0.4) is 0 Å². The third-order valence-electron chi connectivity index (χ3n) is 2.14. The summed E-state index contributed by atoms with van der Waals surface area (Å²) in [6, 6.07) is 0. The lowest BCUT2D eigenvalue weighted by atomic mass is 10.0. The van der Waals surface area contributed by atoms with Crippen LogP contribution in [0.25, 0.3) is 0 Å². The van der Waals surface area contributed by atoms with E-state index in [0.717, 1.165) is 0 Å². The second-order valence-electron chi connectivity index (χ2n) is 3.45. The molecule has 0 aliphatic heterocycles. The van der Waals surface area contributed by atoms with E-state index >= 15 is 0 Å². The monoisotopic (exact) mass is 197 g/mol. The van der Waals surface area contributed by atoms with Gasteiger partial charge in [0.2, 0.25) is 0 Å². The Morgan fingerprint density at radius 1 is 1.64 bits per heavy atom. The van der Waals surface area contributed by atoms with Gasteiger partial charge in [0.15, 0.2) is 5.79 Å². The molecule has 0 spiro atoms. The van der Waals surface area contributed by atoms with E-state index in [0.29, 0.717) is 12.0 Å². The Balaban J connectivity index is 2.73. The molecule has 1 N–H and O–H groups in total. The lowest BCUT2D eigenvalue weighted by Gasteiger charge is -2.25. The number of likely N-dealkylation sites (N-methyl/N-ethyl adjacent to an activating group) is 1. The first-order chi connectivity index (χ1) is 6.48. The Bertz CT molecular complexity index is 294. The number of hydrogen-bond acceptors (Lipinski definition) is 3. The lowest BCUT2D eigenvalue weighted by molar-refractivity contribution is -0.144. The molecule has 4 heteroatoms. The summed E-state index contributed by atoms with van der Waals surface area (Å²) in [6.45, 7) is 0. The highest BCUT2D eigenvalue weighted by Crippen LogP contribution is 2.21. The molecule has 0 fully saturated rings. The number of aliphatic hydroxyl groups is 1. The van der Waals surface area contributed by atoms with Gasteiger partial charge in [-0.25, -0.2) is 0 Å². The van der Waals surface area contributed by atoms with Gasteiger partial charge in [0.25, 0.3) is 5.91 Å². The first-order valence-electron chi connectivity index (χ1n) is 4.37. The molecule has 1 amide bonds. The quantitative estimate of drug-likeness (QED) is 0.647. The van der Waals surface area contributed by atoms with Crippen LogP contribution in [-0.4, -0.2) is 42.9 Å². The standard InChI is InChI=1S/C10H15NO3/c1-11(2)9(12)8-4-6-10(13,14-3)7-5-8/h4-6,13H,7H2,1-3H3. The molecular formula is C10H15NO3. The van der Waals surface area contributed by atoms with Crippen LogP contribution < -0.4 is 0 Å². The zero-order chi connectivity index (χ0) is 10.8. The molecule has 0 saturated heterocycles. The molecular weight excluding hydrogens is 182 g/mol. The van der Waals surface area contributed by atoms with Crippen LogP contribution in [0, 0.1) is 0 Å². The van der Waals surface area contributed by atoms with Gasteiger partial charge in [0.1, 0.15) is 0 Å². The topological polar surface area (TPSA) is 49.8 Å². The Hall–Kier alpha value is -1.13. The summed E-state index contributed by atoms with van der Waals surface area (Å²) in [5.74, 6) is -1.32. The van der Waals surface area contributed by atoms with Gasteiger partial charge >= 0.3 is 0 Å². The highest BCUT2D eigenvalue weighted by molar-refractivity contribution is 5.96. The van der Waals surface area contributed by atoms with Crippen molar-refractivity contribution in [3.63, 3.8) is 0 Å². The fourth-order valence-corrected chi connectivity index (χ4v) is 1.18. The van der Waals surface area contributed by atoms with Crippen LogP contribution in [0.15, 0.2) is 23.8 Å². The molecule has 1 rings (SSSR count). The summed E-state index contributed by atoms with van der Waals surface area (Å²) >= 11 is 0. The predicted molar refractivity (Wildman–Crippen MR) is 52.5 cm³/mol. The van der Waals surface area contributed by atoms with Crippen molar-refractivity contribution in [1.82, 2.24) is 4.90 Å². The molecule has 0 bridgehead atoms. The van der Waals surface area contributed by atoms with Crippen LogP contribution in [0.5, 0.6) is 0 Å². The van der Waals surface area contributed by atoms with Gasteiger partial charge in [0.05, 0.1) is 0 Å². The van der Waals surface area contributed by atoms with Crippen LogP contribution in [0.2, 0.25) is 0 Å². The summed E-state index contributed by atoms with van der Waals surface area (Å²) in [6.07, 6.45) is 5.04. The molecule has 4 nitrogen and oxygen atoms in total. The van der Waals surface area contributed by atoms with Gasteiger partial charge in [-0.15, -0.1) is 0 Å². The number of nitrogens with zero attached hydrogens (tertiary/aromatic N) is 1. The number of carbonyl (C=O) groups is 1. The minimum absolute atomic E-state index is 0.0700. The molecule has 1 atom stereocenters. The van der Waals surface area contributed by atoms with Gasteiger partial charge in [-0.2, -0.15) is 0 Å². The van der Waals surface area contributed by atoms with E-state index in [4.69, 9.17) is 4.74 Å². The molecule has 14 heavy (non-hydrogen) atoms. The zero-order valence-electron chi connectivity index (χ0n) is 8.65. The van der Waals surface area contributed by atoms with Crippen molar-refractivity contribution >= 4 is 5.91 Å². The maximum atomic E-state index is 11.5. The average molecular weight is 197 g/mol. The van der Waals surface area contributed by atoms with Crippen molar-refractivity contribution in [3.05, 3.63) is 23.8 Å². The fourth-order valence-electron chi connectivity index (χ4n) is 1.18. The molecule has 0 aromatic carbocycles. The minimum Gasteiger partial charge on any atom is -0.362 e. The molecule has 0 aromatic heterocycles. The van der Waals surface area contributed by atoms with Crippen molar-refractivity contribution in [2.45, 2.75) is 12.2 Å². The highest BCUT2D eigenvalue weighted by atomic mass is 16.6. The summed E-state index contributed by atoms with van der Waals surface area (Å²) in [7, 11) is 4.80. The van der Waals surface area contributed by atoms with Crippen molar-refractivity contribution in [2.24, 2.45) is 0 Å². The first kappa shape index (κ1) is 10.9. The number of ether oxygens (including phenoxy) is 1. The average Bonchev–Trinajstić information content (AvgIpc) is 2.18. The molecule has 1 unspecified atom stereocenters. The van der Waals surface area contributed by atoms with E-state index in [1.54, 1.807) is 26.2 Å². The first-order valence-corrected chi connectivity index (χ1v) is 4.37. The summed E-state index contributed by atoms with van der Waals surface area (Å²) < 4.78 is 4.87. The maximum Gasteiger partial charge on any atom is 0.253 e. The normalized spacial score (nSPS) is 25.9. The fraction of sp³-hybridized carbons (Fsp3) is 0.500. The number of amides is 1. The Kier molecular flexibility index (Phi) is 3.08. The number of methoxy groups -OCH3 is 1. The summed E-state index contributed by atoms with van der Waals surface area (Å²) in [4.78, 5) is 13.0. The molecule has 0 saturated carbocycles. The second kappa shape index (κ2) is 3.94. The van der Waals surface area contributed by atoms with Crippen LogP contribution in [-0.2, 0) is 9.53 Å². The van der Waals surface area contributed by atoms with Gasteiger partial charge in [-0.1, -0.05) is 6.08 Å². The van der Waals surface area contributed by atoms with Gasteiger partial charge < -0.3 is 14.7 Å². The van der Waals surface area contributed by atoms with Crippen LogP contribution in [0.1, 0.15) is 6.42 Å². The second-order valence-corrected chi connectivity index (χ2v) is 3.45. The molecule has 1 aliphatic rings. The van der Waals surface area contributed by atoms with Crippen molar-refractivity contribution in [3.8, 4) is 0 Å². The Morgan fingerprint density at radius 3 is 2.64 bits per heavy atom. The smallest absolute Gasteiger partial charge is 0.253 e. The van der Waals surface area contributed by atoms with E-state index in [1.807, 2.05) is 0 Å². The zero-order valence-corrected chi connectivity index (χ0v) is 8.65. The van der Waals surface area contributed by atoms with Crippen LogP contribution in [0.4, 0.5) is 0 Å². The maximum absolute atomic E-state index is 11.5. The molecule has 1 aliphatic carbocycles. The van der Waals surface area contributed by atoms with Crippen LogP contribution >= 0.6 is 0 Å². The van der Waals surface area contributed by atoms with Crippen molar-refractivity contribution in [1.29, 1.82) is 0 Å². The van der Waals surface area contributed by atoms with E-state index < -0.39 is 5.79 Å². The molecule has 0 heterocycles. The number of rotatable bonds is 2. The van der Waals surface area contributed by atoms with E-state index in [-0.39, 0.29) is 5.91 Å². The van der Waals surface area contributed by atoms with E-state index in [9.17, 15) is 9.90 Å². The van der Waals surface area contributed by atoms with Crippen molar-refractivity contribution in [2.75, 3.05) is 21.2 Å².